The molecule has 162 valence electrons. The molecule has 1 aromatic carbocycles. The maximum atomic E-state index is 13.2. The van der Waals surface area contributed by atoms with E-state index in [1.165, 1.54) is 4.31 Å². The van der Waals surface area contributed by atoms with E-state index in [9.17, 15) is 13.2 Å². The van der Waals surface area contributed by atoms with Gasteiger partial charge < -0.3 is 4.90 Å². The van der Waals surface area contributed by atoms with E-state index in [-0.39, 0.29) is 5.91 Å². The fourth-order valence-electron chi connectivity index (χ4n) is 4.14. The van der Waals surface area contributed by atoms with Gasteiger partial charge in [-0.2, -0.15) is 9.40 Å². The summed E-state index contributed by atoms with van der Waals surface area (Å²) in [4.78, 5) is 14.7. The van der Waals surface area contributed by atoms with Crippen molar-refractivity contribution >= 4 is 22.0 Å². The number of piperazine rings is 1. The van der Waals surface area contributed by atoms with E-state index in [1.54, 1.807) is 21.7 Å². The van der Waals surface area contributed by atoms with Gasteiger partial charge in [0, 0.05) is 50.6 Å². The van der Waals surface area contributed by atoms with Crippen LogP contribution < -0.4 is 0 Å². The summed E-state index contributed by atoms with van der Waals surface area (Å²) >= 11 is 0. The second-order valence-corrected chi connectivity index (χ2v) is 9.87. The van der Waals surface area contributed by atoms with Gasteiger partial charge in [0.1, 0.15) is 0 Å². The monoisotopic (exact) mass is 430 g/mol. The fraction of sp³-hybridized carbons (Fsp3) is 0.455. The Bertz CT molecular complexity index is 1080. The third-order valence-corrected chi connectivity index (χ3v) is 7.92. The van der Waals surface area contributed by atoms with Crippen molar-refractivity contribution in [1.29, 1.82) is 0 Å². The fourth-order valence-corrected chi connectivity index (χ4v) is 5.98. The molecule has 1 aliphatic heterocycles. The topological polar surface area (TPSA) is 75.5 Å². The molecule has 0 N–H and O–H groups in total. The largest absolute Gasteiger partial charge is 0.337 e. The zero-order chi connectivity index (χ0) is 22.2. The SMILES string of the molecule is Cc1cc(C)c(S(=O)(=O)N2CCN(C(=O)/C=C/c3c(C)nn(C)c3C)CC2)c(C)c1. The first-order chi connectivity index (χ1) is 14.0. The van der Waals surface area contributed by atoms with E-state index in [4.69, 9.17) is 0 Å². The first kappa shape index (κ1) is 22.2. The highest BCUT2D eigenvalue weighted by atomic mass is 32.2. The molecule has 0 radical (unpaired) electrons. The molecule has 2 aromatic rings. The predicted octanol–water partition coefficient (Wildman–Crippen LogP) is 2.51. The van der Waals surface area contributed by atoms with Gasteiger partial charge >= 0.3 is 0 Å². The van der Waals surface area contributed by atoms with Crippen LogP contribution in [0.2, 0.25) is 0 Å². The van der Waals surface area contributed by atoms with E-state index in [0.717, 1.165) is 33.6 Å². The lowest BCUT2D eigenvalue weighted by Crippen LogP contribution is -2.50. The number of aryl methyl sites for hydroxylation is 5. The predicted molar refractivity (Wildman–Crippen MR) is 118 cm³/mol. The first-order valence-electron chi connectivity index (χ1n) is 10.1. The summed E-state index contributed by atoms with van der Waals surface area (Å²) in [5.74, 6) is -0.114. The zero-order valence-electron chi connectivity index (χ0n) is 18.6. The number of nitrogens with zero attached hydrogens (tertiary/aromatic N) is 4. The molecule has 1 amide bonds. The standard InChI is InChI=1S/C22H30N4O3S/c1-15-13-16(2)22(17(3)14-15)30(28,29)26-11-9-25(10-12-26)21(27)8-7-20-18(4)23-24(6)19(20)5/h7-8,13-14H,9-12H2,1-6H3/b8-7+. The van der Waals surface area contributed by atoms with Crippen LogP contribution in [-0.4, -0.2) is 59.5 Å². The van der Waals surface area contributed by atoms with Crippen LogP contribution >= 0.6 is 0 Å². The highest BCUT2D eigenvalue weighted by Crippen LogP contribution is 2.26. The molecule has 2 heterocycles. The van der Waals surface area contributed by atoms with Crippen molar-refractivity contribution in [1.82, 2.24) is 19.0 Å². The number of carbonyl (C=O) groups excluding carboxylic acids is 1. The van der Waals surface area contributed by atoms with Gasteiger partial charge in [-0.25, -0.2) is 8.42 Å². The Morgan fingerprint density at radius 3 is 2.07 bits per heavy atom. The molecule has 7 nitrogen and oxygen atoms in total. The maximum absolute atomic E-state index is 13.2. The second-order valence-electron chi connectivity index (χ2n) is 8.00. The quantitative estimate of drug-likeness (QED) is 0.699. The van der Waals surface area contributed by atoms with Crippen molar-refractivity contribution in [2.24, 2.45) is 7.05 Å². The van der Waals surface area contributed by atoms with Gasteiger partial charge in [0.2, 0.25) is 15.9 Å². The lowest BCUT2D eigenvalue weighted by molar-refractivity contribution is -0.127. The van der Waals surface area contributed by atoms with E-state index < -0.39 is 10.0 Å². The van der Waals surface area contributed by atoms with Crippen LogP contribution in [0.1, 0.15) is 33.6 Å². The molecule has 3 rings (SSSR count). The molecule has 30 heavy (non-hydrogen) atoms. The Balaban J connectivity index is 1.70. The van der Waals surface area contributed by atoms with Gasteiger partial charge in [-0.3, -0.25) is 9.48 Å². The Hall–Kier alpha value is -2.45. The van der Waals surface area contributed by atoms with Crippen molar-refractivity contribution < 1.29 is 13.2 Å². The zero-order valence-corrected chi connectivity index (χ0v) is 19.4. The molecule has 1 aromatic heterocycles. The lowest BCUT2D eigenvalue weighted by atomic mass is 10.1. The van der Waals surface area contributed by atoms with E-state index >= 15 is 0 Å². The minimum atomic E-state index is -3.59. The van der Waals surface area contributed by atoms with Gasteiger partial charge in [-0.15, -0.1) is 0 Å². The number of rotatable bonds is 4. The summed E-state index contributed by atoms with van der Waals surface area (Å²) in [6, 6.07) is 3.79. The number of benzene rings is 1. The van der Waals surface area contributed by atoms with Gasteiger partial charge in [0.25, 0.3) is 0 Å². The summed E-state index contributed by atoms with van der Waals surface area (Å²) in [5.41, 5.74) is 5.38. The molecular formula is C22H30N4O3S. The molecule has 0 unspecified atom stereocenters. The molecule has 0 aliphatic carbocycles. The third kappa shape index (κ3) is 4.20. The van der Waals surface area contributed by atoms with Crippen LogP contribution in [0.3, 0.4) is 0 Å². The summed E-state index contributed by atoms with van der Waals surface area (Å²) in [6.45, 7) is 10.8. The Morgan fingerprint density at radius 1 is 1.00 bits per heavy atom. The second kappa shape index (κ2) is 8.35. The summed E-state index contributed by atoms with van der Waals surface area (Å²) < 4.78 is 29.7. The van der Waals surface area contributed by atoms with Crippen LogP contribution in [-0.2, 0) is 21.9 Å². The summed E-state index contributed by atoms with van der Waals surface area (Å²) in [5, 5.41) is 4.35. The highest BCUT2D eigenvalue weighted by Gasteiger charge is 2.31. The van der Waals surface area contributed by atoms with Crippen LogP contribution in [0, 0.1) is 34.6 Å². The van der Waals surface area contributed by atoms with Crippen LogP contribution in [0.15, 0.2) is 23.1 Å². The molecular weight excluding hydrogens is 400 g/mol. The Kier molecular flexibility index (Phi) is 6.19. The maximum Gasteiger partial charge on any atom is 0.246 e. The number of carbonyl (C=O) groups is 1. The molecule has 1 saturated heterocycles. The van der Waals surface area contributed by atoms with Crippen molar-refractivity contribution in [3.05, 3.63) is 51.9 Å². The lowest BCUT2D eigenvalue weighted by Gasteiger charge is -2.34. The normalized spacial score (nSPS) is 15.9. The van der Waals surface area contributed by atoms with Crippen molar-refractivity contribution in [2.45, 2.75) is 39.5 Å². The number of hydrogen-bond donors (Lipinski definition) is 0. The Morgan fingerprint density at radius 2 is 1.57 bits per heavy atom. The average molecular weight is 431 g/mol. The number of aromatic nitrogens is 2. The van der Waals surface area contributed by atoms with Gasteiger partial charge in [0.15, 0.2) is 0 Å². The minimum Gasteiger partial charge on any atom is -0.337 e. The van der Waals surface area contributed by atoms with Gasteiger partial charge in [0.05, 0.1) is 10.6 Å². The van der Waals surface area contributed by atoms with Crippen LogP contribution in [0.25, 0.3) is 6.08 Å². The average Bonchev–Trinajstić information content (AvgIpc) is 2.90. The molecule has 1 aliphatic rings. The highest BCUT2D eigenvalue weighted by molar-refractivity contribution is 7.89. The molecule has 8 heteroatoms. The molecule has 0 saturated carbocycles. The van der Waals surface area contributed by atoms with E-state index in [2.05, 4.69) is 5.10 Å². The van der Waals surface area contributed by atoms with Gasteiger partial charge in [-0.05, 0) is 51.8 Å². The minimum absolute atomic E-state index is 0.114. The molecule has 0 spiro atoms. The van der Waals surface area contributed by atoms with Crippen molar-refractivity contribution in [3.8, 4) is 0 Å². The van der Waals surface area contributed by atoms with E-state index in [1.807, 2.05) is 53.8 Å². The molecule has 0 atom stereocenters. The Labute approximate surface area is 179 Å². The number of hydrogen-bond acceptors (Lipinski definition) is 4. The summed E-state index contributed by atoms with van der Waals surface area (Å²) in [6.07, 6.45) is 3.34. The molecule has 0 bridgehead atoms. The first-order valence-corrected chi connectivity index (χ1v) is 11.5. The molecule has 1 fully saturated rings. The number of amides is 1. The van der Waals surface area contributed by atoms with Crippen LogP contribution in [0.5, 0.6) is 0 Å². The van der Waals surface area contributed by atoms with Crippen LogP contribution in [0.4, 0.5) is 0 Å². The van der Waals surface area contributed by atoms with Crippen molar-refractivity contribution in [2.75, 3.05) is 26.2 Å². The van der Waals surface area contributed by atoms with E-state index in [0.29, 0.717) is 31.1 Å². The van der Waals surface area contributed by atoms with Crippen molar-refractivity contribution in [3.63, 3.8) is 0 Å². The summed E-state index contributed by atoms with van der Waals surface area (Å²) in [7, 11) is -1.71. The third-order valence-electron chi connectivity index (χ3n) is 5.71. The smallest absolute Gasteiger partial charge is 0.246 e. The number of sulfonamides is 1. The van der Waals surface area contributed by atoms with Gasteiger partial charge in [-0.1, -0.05) is 17.7 Å².